The molecule has 0 bridgehead atoms. The molecule has 0 aliphatic heterocycles. The average molecular weight is 241 g/mol. The molecular formula is C15H31NO. The molecule has 1 rings (SSSR count). The second kappa shape index (κ2) is 8.10. The third-order valence-electron chi connectivity index (χ3n) is 3.82. The smallest absolute Gasteiger partial charge is 0.0580 e. The Morgan fingerprint density at radius 2 is 1.82 bits per heavy atom. The number of nitrogens with one attached hydrogen (secondary N) is 1. The molecule has 2 heteroatoms. The molecule has 0 spiro atoms. The highest BCUT2D eigenvalue weighted by atomic mass is 16.5. The van der Waals surface area contributed by atoms with E-state index in [0.29, 0.717) is 12.1 Å². The van der Waals surface area contributed by atoms with Crippen LogP contribution in [0.15, 0.2) is 0 Å². The molecule has 0 aromatic rings. The first-order valence-corrected chi connectivity index (χ1v) is 7.46. The molecular weight excluding hydrogens is 210 g/mol. The van der Waals surface area contributed by atoms with Gasteiger partial charge in [-0.05, 0) is 57.4 Å². The molecule has 1 aliphatic rings. The topological polar surface area (TPSA) is 21.3 Å². The van der Waals surface area contributed by atoms with Gasteiger partial charge < -0.3 is 10.1 Å². The van der Waals surface area contributed by atoms with Crippen LogP contribution in [0.5, 0.6) is 0 Å². The minimum Gasteiger partial charge on any atom is -0.378 e. The number of hydrogen-bond acceptors (Lipinski definition) is 2. The maximum Gasteiger partial charge on any atom is 0.0580 e. The summed E-state index contributed by atoms with van der Waals surface area (Å²) in [4.78, 5) is 0. The van der Waals surface area contributed by atoms with Crippen LogP contribution in [0, 0.1) is 11.8 Å². The zero-order chi connectivity index (χ0) is 12.7. The highest BCUT2D eigenvalue weighted by molar-refractivity contribution is 4.75. The Hall–Kier alpha value is -0.0800. The maximum atomic E-state index is 6.02. The molecule has 102 valence electrons. The predicted octanol–water partition coefficient (Wildman–Crippen LogP) is 3.61. The monoisotopic (exact) mass is 241 g/mol. The molecule has 3 atom stereocenters. The minimum atomic E-state index is 0.531. The lowest BCUT2D eigenvalue weighted by Crippen LogP contribution is -2.28. The van der Waals surface area contributed by atoms with Gasteiger partial charge >= 0.3 is 0 Å². The first kappa shape index (κ1) is 15.0. The van der Waals surface area contributed by atoms with E-state index in [1.54, 1.807) is 0 Å². The Balaban J connectivity index is 2.06. The zero-order valence-electron chi connectivity index (χ0n) is 12.2. The predicted molar refractivity (Wildman–Crippen MR) is 74.3 cm³/mol. The Kier molecular flexibility index (Phi) is 7.14. The maximum absolute atomic E-state index is 6.02. The summed E-state index contributed by atoms with van der Waals surface area (Å²) in [5.74, 6) is 1.70. The van der Waals surface area contributed by atoms with Crippen molar-refractivity contribution >= 4 is 0 Å². The van der Waals surface area contributed by atoms with Crippen LogP contribution in [-0.4, -0.2) is 25.3 Å². The second-order valence-electron chi connectivity index (χ2n) is 6.01. The Morgan fingerprint density at radius 1 is 1.18 bits per heavy atom. The van der Waals surface area contributed by atoms with Crippen molar-refractivity contribution in [1.29, 1.82) is 0 Å². The number of hydrogen-bond donors (Lipinski definition) is 1. The summed E-state index contributed by atoms with van der Waals surface area (Å²) in [5, 5.41) is 3.44. The quantitative estimate of drug-likeness (QED) is 0.688. The van der Waals surface area contributed by atoms with Crippen LogP contribution in [-0.2, 0) is 4.74 Å². The molecule has 0 heterocycles. The number of ether oxygens (including phenoxy) is 1. The fourth-order valence-electron chi connectivity index (χ4n) is 3.10. The van der Waals surface area contributed by atoms with Crippen LogP contribution in [0.3, 0.4) is 0 Å². The van der Waals surface area contributed by atoms with E-state index in [-0.39, 0.29) is 0 Å². The highest BCUT2D eigenvalue weighted by Gasteiger charge is 2.24. The van der Waals surface area contributed by atoms with Gasteiger partial charge in [0, 0.05) is 12.6 Å². The Labute approximate surface area is 108 Å². The SMILES string of the molecule is CCNC(C)CCCOC1CC(C)CC(C)C1. The van der Waals surface area contributed by atoms with E-state index in [0.717, 1.165) is 25.0 Å². The molecule has 0 amide bonds. The van der Waals surface area contributed by atoms with Crippen molar-refractivity contribution in [2.24, 2.45) is 11.8 Å². The highest BCUT2D eigenvalue weighted by Crippen LogP contribution is 2.30. The lowest BCUT2D eigenvalue weighted by Gasteiger charge is -2.31. The molecule has 0 saturated heterocycles. The fraction of sp³-hybridized carbons (Fsp3) is 1.00. The van der Waals surface area contributed by atoms with Gasteiger partial charge in [0.2, 0.25) is 0 Å². The normalized spacial score (nSPS) is 31.4. The van der Waals surface area contributed by atoms with Gasteiger partial charge in [-0.25, -0.2) is 0 Å². The fourth-order valence-corrected chi connectivity index (χ4v) is 3.10. The Bertz CT molecular complexity index is 185. The van der Waals surface area contributed by atoms with Gasteiger partial charge in [0.1, 0.15) is 0 Å². The van der Waals surface area contributed by atoms with Gasteiger partial charge in [0.25, 0.3) is 0 Å². The van der Waals surface area contributed by atoms with Crippen LogP contribution < -0.4 is 5.32 Å². The number of rotatable bonds is 7. The van der Waals surface area contributed by atoms with Crippen molar-refractivity contribution in [2.75, 3.05) is 13.2 Å². The van der Waals surface area contributed by atoms with E-state index in [1.165, 1.54) is 32.1 Å². The summed E-state index contributed by atoms with van der Waals surface area (Å²) >= 11 is 0. The van der Waals surface area contributed by atoms with Gasteiger partial charge in [-0.2, -0.15) is 0 Å². The van der Waals surface area contributed by atoms with Crippen molar-refractivity contribution in [3.05, 3.63) is 0 Å². The van der Waals surface area contributed by atoms with Crippen molar-refractivity contribution < 1.29 is 4.74 Å². The summed E-state index contributed by atoms with van der Waals surface area (Å²) in [6.45, 7) is 11.2. The molecule has 1 fully saturated rings. The minimum absolute atomic E-state index is 0.531. The van der Waals surface area contributed by atoms with Gasteiger partial charge in [-0.15, -0.1) is 0 Å². The van der Waals surface area contributed by atoms with Crippen LogP contribution >= 0.6 is 0 Å². The Morgan fingerprint density at radius 3 is 2.41 bits per heavy atom. The molecule has 2 nitrogen and oxygen atoms in total. The molecule has 3 unspecified atom stereocenters. The van der Waals surface area contributed by atoms with Crippen molar-refractivity contribution in [1.82, 2.24) is 5.32 Å². The molecule has 0 aromatic carbocycles. The van der Waals surface area contributed by atoms with Crippen LogP contribution in [0.4, 0.5) is 0 Å². The van der Waals surface area contributed by atoms with Crippen molar-refractivity contribution in [3.63, 3.8) is 0 Å². The van der Waals surface area contributed by atoms with E-state index >= 15 is 0 Å². The molecule has 1 aliphatic carbocycles. The molecule has 0 radical (unpaired) electrons. The average Bonchev–Trinajstić information content (AvgIpc) is 2.23. The van der Waals surface area contributed by atoms with Crippen molar-refractivity contribution in [2.45, 2.75) is 71.9 Å². The summed E-state index contributed by atoms with van der Waals surface area (Å²) in [5.41, 5.74) is 0. The third kappa shape index (κ3) is 6.42. The van der Waals surface area contributed by atoms with E-state index < -0.39 is 0 Å². The summed E-state index contributed by atoms with van der Waals surface area (Å²) < 4.78 is 6.02. The lowest BCUT2D eigenvalue weighted by molar-refractivity contribution is -0.00103. The summed E-state index contributed by atoms with van der Waals surface area (Å²) in [6.07, 6.45) is 6.87. The van der Waals surface area contributed by atoms with Crippen molar-refractivity contribution in [3.8, 4) is 0 Å². The van der Waals surface area contributed by atoms with Gasteiger partial charge in [-0.3, -0.25) is 0 Å². The molecule has 17 heavy (non-hydrogen) atoms. The van der Waals surface area contributed by atoms with Crippen LogP contribution in [0.2, 0.25) is 0 Å². The second-order valence-corrected chi connectivity index (χ2v) is 6.01. The van der Waals surface area contributed by atoms with Crippen LogP contribution in [0.1, 0.15) is 59.8 Å². The van der Waals surface area contributed by atoms with E-state index in [2.05, 4.69) is 33.0 Å². The van der Waals surface area contributed by atoms with Gasteiger partial charge in [0.15, 0.2) is 0 Å². The van der Waals surface area contributed by atoms with Gasteiger partial charge in [0.05, 0.1) is 6.10 Å². The third-order valence-corrected chi connectivity index (χ3v) is 3.82. The van der Waals surface area contributed by atoms with E-state index in [9.17, 15) is 0 Å². The lowest BCUT2D eigenvalue weighted by atomic mass is 9.82. The largest absolute Gasteiger partial charge is 0.378 e. The molecule has 1 N–H and O–H groups in total. The summed E-state index contributed by atoms with van der Waals surface area (Å²) in [6, 6.07) is 0.632. The van der Waals surface area contributed by atoms with Crippen LogP contribution in [0.25, 0.3) is 0 Å². The molecule has 1 saturated carbocycles. The molecule has 0 aromatic heterocycles. The first-order valence-electron chi connectivity index (χ1n) is 7.46. The van der Waals surface area contributed by atoms with Gasteiger partial charge in [-0.1, -0.05) is 20.8 Å². The standard InChI is InChI=1S/C15H31NO/c1-5-16-14(4)7-6-8-17-15-10-12(2)9-13(3)11-15/h12-16H,5-11H2,1-4H3. The van der Waals surface area contributed by atoms with E-state index in [1.807, 2.05) is 0 Å². The first-order chi connectivity index (χ1) is 8.11. The van der Waals surface area contributed by atoms with E-state index in [4.69, 9.17) is 4.74 Å². The summed E-state index contributed by atoms with van der Waals surface area (Å²) in [7, 11) is 0. The zero-order valence-corrected chi connectivity index (χ0v) is 12.2.